The second-order valence-corrected chi connectivity index (χ2v) is 7.76. The van der Waals surface area contributed by atoms with E-state index < -0.39 is 0 Å². The fourth-order valence-electron chi connectivity index (χ4n) is 4.29. The molecule has 0 aliphatic carbocycles. The Morgan fingerprint density at radius 1 is 1.00 bits per heavy atom. The van der Waals surface area contributed by atoms with Crippen molar-refractivity contribution in [2.45, 2.75) is 31.1 Å². The minimum absolute atomic E-state index is 0.186. The second kappa shape index (κ2) is 8.31. The van der Waals surface area contributed by atoms with E-state index in [1.807, 2.05) is 12.1 Å². The van der Waals surface area contributed by atoms with E-state index in [4.69, 9.17) is 14.2 Å². The highest BCUT2D eigenvalue weighted by Gasteiger charge is 2.43. The molecule has 1 spiro atoms. The summed E-state index contributed by atoms with van der Waals surface area (Å²) in [5.41, 5.74) is 0.930. The maximum Gasteiger partial charge on any atom is 0.123 e. The Kier molecular flexibility index (Phi) is 5.86. The van der Waals surface area contributed by atoms with E-state index in [2.05, 4.69) is 9.80 Å². The van der Waals surface area contributed by atoms with Gasteiger partial charge in [0.05, 0.1) is 32.5 Å². The van der Waals surface area contributed by atoms with Crippen LogP contribution in [0.25, 0.3) is 0 Å². The number of ether oxygens (including phenoxy) is 3. The number of benzene rings is 1. The van der Waals surface area contributed by atoms with E-state index in [9.17, 15) is 4.39 Å². The number of halogens is 1. The number of nitrogens with zero attached hydrogens (tertiary/aromatic N) is 2. The smallest absolute Gasteiger partial charge is 0.123 e. The first kappa shape index (κ1) is 18.3. The molecule has 1 aromatic rings. The van der Waals surface area contributed by atoms with Crippen LogP contribution in [0.2, 0.25) is 0 Å². The third kappa shape index (κ3) is 4.61. The average molecular weight is 364 g/mol. The SMILES string of the molecule is Fc1ccc(CN2CCOC[C@]3(CC[C@@H](CN4CCOCC4)O3)C2)cc1. The van der Waals surface area contributed by atoms with Crippen molar-refractivity contribution in [3.63, 3.8) is 0 Å². The van der Waals surface area contributed by atoms with Gasteiger partial charge in [-0.2, -0.15) is 0 Å². The van der Waals surface area contributed by atoms with Crippen LogP contribution in [0, 0.1) is 5.82 Å². The van der Waals surface area contributed by atoms with Crippen LogP contribution in [0.15, 0.2) is 24.3 Å². The van der Waals surface area contributed by atoms with Crippen LogP contribution in [-0.4, -0.2) is 80.7 Å². The maximum atomic E-state index is 13.1. The van der Waals surface area contributed by atoms with E-state index in [0.29, 0.717) is 6.61 Å². The molecule has 3 saturated heterocycles. The lowest BCUT2D eigenvalue weighted by atomic mass is 9.99. The minimum Gasteiger partial charge on any atom is -0.379 e. The van der Waals surface area contributed by atoms with Gasteiger partial charge >= 0.3 is 0 Å². The topological polar surface area (TPSA) is 34.2 Å². The molecule has 0 aromatic heterocycles. The van der Waals surface area contributed by atoms with Crippen molar-refractivity contribution in [3.05, 3.63) is 35.6 Å². The van der Waals surface area contributed by atoms with E-state index in [1.165, 1.54) is 12.1 Å². The first-order valence-corrected chi connectivity index (χ1v) is 9.73. The number of hydrogen-bond donors (Lipinski definition) is 0. The van der Waals surface area contributed by atoms with E-state index in [0.717, 1.165) is 77.5 Å². The van der Waals surface area contributed by atoms with Crippen LogP contribution in [0.4, 0.5) is 4.39 Å². The monoisotopic (exact) mass is 364 g/mol. The van der Waals surface area contributed by atoms with Gasteiger partial charge < -0.3 is 14.2 Å². The normalized spacial score (nSPS) is 31.3. The second-order valence-electron chi connectivity index (χ2n) is 7.76. The number of morpholine rings is 1. The molecule has 3 heterocycles. The summed E-state index contributed by atoms with van der Waals surface area (Å²) in [6, 6.07) is 6.79. The zero-order valence-electron chi connectivity index (χ0n) is 15.4. The molecule has 5 nitrogen and oxygen atoms in total. The van der Waals surface area contributed by atoms with Crippen molar-refractivity contribution in [1.29, 1.82) is 0 Å². The average Bonchev–Trinajstić information content (AvgIpc) is 2.92. The third-order valence-corrected chi connectivity index (χ3v) is 5.65. The van der Waals surface area contributed by atoms with Crippen LogP contribution in [0.3, 0.4) is 0 Å². The summed E-state index contributed by atoms with van der Waals surface area (Å²) >= 11 is 0. The number of rotatable bonds is 4. The molecular weight excluding hydrogens is 335 g/mol. The largest absolute Gasteiger partial charge is 0.379 e. The van der Waals surface area contributed by atoms with Gasteiger partial charge in [-0.3, -0.25) is 9.80 Å². The number of hydrogen-bond acceptors (Lipinski definition) is 5. The summed E-state index contributed by atoms with van der Waals surface area (Å²) in [6.45, 7) is 8.61. The fourth-order valence-corrected chi connectivity index (χ4v) is 4.29. The van der Waals surface area contributed by atoms with Crippen molar-refractivity contribution in [3.8, 4) is 0 Å². The molecular formula is C20H29FN2O3. The summed E-state index contributed by atoms with van der Waals surface area (Å²) < 4.78 is 31.0. The molecule has 3 aliphatic rings. The van der Waals surface area contributed by atoms with Gasteiger partial charge in [0.2, 0.25) is 0 Å². The van der Waals surface area contributed by atoms with E-state index in [-0.39, 0.29) is 17.5 Å². The van der Waals surface area contributed by atoms with Gasteiger partial charge in [-0.15, -0.1) is 0 Å². The van der Waals surface area contributed by atoms with Gasteiger partial charge in [-0.25, -0.2) is 4.39 Å². The zero-order chi connectivity index (χ0) is 17.8. The lowest BCUT2D eigenvalue weighted by Crippen LogP contribution is -2.46. The molecule has 0 saturated carbocycles. The molecule has 0 amide bonds. The molecule has 26 heavy (non-hydrogen) atoms. The molecule has 6 heteroatoms. The summed E-state index contributed by atoms with van der Waals surface area (Å²) in [5.74, 6) is -0.186. The first-order chi connectivity index (χ1) is 12.7. The van der Waals surface area contributed by atoms with Crippen LogP contribution in [0.5, 0.6) is 0 Å². The van der Waals surface area contributed by atoms with Crippen LogP contribution in [0.1, 0.15) is 18.4 Å². The van der Waals surface area contributed by atoms with Crippen LogP contribution >= 0.6 is 0 Å². The molecule has 3 aliphatic heterocycles. The molecule has 2 atom stereocenters. The van der Waals surface area contributed by atoms with Crippen LogP contribution < -0.4 is 0 Å². The van der Waals surface area contributed by atoms with Gasteiger partial charge in [-0.05, 0) is 30.5 Å². The summed E-state index contributed by atoms with van der Waals surface area (Å²) in [4.78, 5) is 4.83. The van der Waals surface area contributed by atoms with Gasteiger partial charge in [0.1, 0.15) is 11.4 Å². The lowest BCUT2D eigenvalue weighted by Gasteiger charge is -2.33. The maximum absolute atomic E-state index is 13.1. The van der Waals surface area contributed by atoms with Crippen LogP contribution in [-0.2, 0) is 20.8 Å². The molecule has 0 bridgehead atoms. The van der Waals surface area contributed by atoms with E-state index >= 15 is 0 Å². The van der Waals surface area contributed by atoms with Gasteiger partial charge in [0.25, 0.3) is 0 Å². The Bertz CT molecular complexity index is 579. The Morgan fingerprint density at radius 2 is 1.73 bits per heavy atom. The third-order valence-electron chi connectivity index (χ3n) is 5.65. The summed E-state index contributed by atoms with van der Waals surface area (Å²) in [5, 5.41) is 0. The minimum atomic E-state index is -0.201. The van der Waals surface area contributed by atoms with Crippen molar-refractivity contribution in [2.24, 2.45) is 0 Å². The Labute approximate surface area is 155 Å². The predicted octanol–water partition coefficient (Wildman–Crippen LogP) is 1.91. The van der Waals surface area contributed by atoms with E-state index in [1.54, 1.807) is 0 Å². The Balaban J connectivity index is 1.35. The van der Waals surface area contributed by atoms with Crippen molar-refractivity contribution in [1.82, 2.24) is 9.80 Å². The first-order valence-electron chi connectivity index (χ1n) is 9.73. The lowest BCUT2D eigenvalue weighted by molar-refractivity contribution is -0.0967. The van der Waals surface area contributed by atoms with Crippen molar-refractivity contribution in [2.75, 3.05) is 59.2 Å². The molecule has 144 valence electrons. The standard InChI is InChI=1S/C20H29FN2O3/c21-18-3-1-17(2-4-18)13-23-9-12-25-16-20(15-23)6-5-19(26-20)14-22-7-10-24-11-8-22/h1-4,19H,5-16H2/t19-,20-/m0/s1. The van der Waals surface area contributed by atoms with Gasteiger partial charge in [-0.1, -0.05) is 12.1 Å². The van der Waals surface area contributed by atoms with Crippen molar-refractivity contribution >= 4 is 0 Å². The molecule has 3 fully saturated rings. The van der Waals surface area contributed by atoms with Crippen molar-refractivity contribution < 1.29 is 18.6 Å². The fraction of sp³-hybridized carbons (Fsp3) is 0.700. The molecule has 4 rings (SSSR count). The predicted molar refractivity (Wildman–Crippen MR) is 96.6 cm³/mol. The highest BCUT2D eigenvalue weighted by atomic mass is 19.1. The molecule has 0 N–H and O–H groups in total. The van der Waals surface area contributed by atoms with Gasteiger partial charge in [0, 0.05) is 39.3 Å². The molecule has 1 aromatic carbocycles. The quantitative estimate of drug-likeness (QED) is 0.815. The molecule has 0 unspecified atom stereocenters. The Morgan fingerprint density at radius 3 is 2.54 bits per heavy atom. The van der Waals surface area contributed by atoms with Gasteiger partial charge in [0.15, 0.2) is 0 Å². The molecule has 0 radical (unpaired) electrons. The highest BCUT2D eigenvalue weighted by Crippen LogP contribution is 2.34. The summed E-state index contributed by atoms with van der Waals surface area (Å²) in [7, 11) is 0. The summed E-state index contributed by atoms with van der Waals surface area (Å²) in [6.07, 6.45) is 2.41. The zero-order valence-corrected chi connectivity index (χ0v) is 15.4. The Hall–Kier alpha value is -1.05. The highest BCUT2D eigenvalue weighted by molar-refractivity contribution is 5.16.